The van der Waals surface area contributed by atoms with E-state index in [-0.39, 0.29) is 5.91 Å². The highest BCUT2D eigenvalue weighted by Crippen LogP contribution is 2.24. The number of thiazole rings is 1. The van der Waals surface area contributed by atoms with Gasteiger partial charge in [0, 0.05) is 29.5 Å². The minimum absolute atomic E-state index is 0.0409. The predicted octanol–water partition coefficient (Wildman–Crippen LogP) is 5.24. The van der Waals surface area contributed by atoms with Crippen molar-refractivity contribution < 1.29 is 4.79 Å². The van der Waals surface area contributed by atoms with Crippen molar-refractivity contribution >= 4 is 28.0 Å². The molecule has 0 atom stereocenters. The summed E-state index contributed by atoms with van der Waals surface area (Å²) in [5.74, 6) is -0.0409. The van der Waals surface area contributed by atoms with Crippen LogP contribution in [0.15, 0.2) is 72.1 Å². The van der Waals surface area contributed by atoms with E-state index in [9.17, 15) is 4.79 Å². The first-order valence-electron chi connectivity index (χ1n) is 8.98. The summed E-state index contributed by atoms with van der Waals surface area (Å²) < 4.78 is 0. The summed E-state index contributed by atoms with van der Waals surface area (Å²) in [7, 11) is 0. The van der Waals surface area contributed by atoms with Gasteiger partial charge in [0.2, 0.25) is 0 Å². The number of benzene rings is 3. The molecule has 0 saturated heterocycles. The lowest BCUT2D eigenvalue weighted by Crippen LogP contribution is -2.25. The monoisotopic (exact) mass is 372 g/mol. The fraction of sp³-hybridized carbons (Fsp3) is 0.130. The SMILES string of the molecule is Cc1ccc(-c2nc(CCNC(=O)c3cccc4ccccc34)cs2)cc1. The number of amides is 1. The van der Waals surface area contributed by atoms with Crippen LogP contribution in [0.3, 0.4) is 0 Å². The molecular weight excluding hydrogens is 352 g/mol. The van der Waals surface area contributed by atoms with E-state index in [0.29, 0.717) is 12.1 Å². The third-order valence-electron chi connectivity index (χ3n) is 4.55. The van der Waals surface area contributed by atoms with E-state index in [0.717, 1.165) is 33.5 Å². The van der Waals surface area contributed by atoms with Gasteiger partial charge >= 0.3 is 0 Å². The van der Waals surface area contributed by atoms with Gasteiger partial charge in [-0.2, -0.15) is 0 Å². The zero-order valence-electron chi connectivity index (χ0n) is 15.1. The van der Waals surface area contributed by atoms with Gasteiger partial charge in [0.1, 0.15) is 5.01 Å². The zero-order chi connectivity index (χ0) is 18.6. The quantitative estimate of drug-likeness (QED) is 0.520. The van der Waals surface area contributed by atoms with Gasteiger partial charge in [-0.3, -0.25) is 4.79 Å². The van der Waals surface area contributed by atoms with Crippen LogP contribution in [0.5, 0.6) is 0 Å². The van der Waals surface area contributed by atoms with Crippen molar-refractivity contribution in [1.29, 1.82) is 0 Å². The molecule has 0 radical (unpaired) electrons. The normalized spacial score (nSPS) is 10.9. The largest absolute Gasteiger partial charge is 0.352 e. The van der Waals surface area contributed by atoms with Crippen molar-refractivity contribution in [3.63, 3.8) is 0 Å². The Morgan fingerprint density at radius 2 is 1.78 bits per heavy atom. The van der Waals surface area contributed by atoms with Crippen LogP contribution in [0, 0.1) is 6.92 Å². The van der Waals surface area contributed by atoms with Gasteiger partial charge in [0.05, 0.1) is 5.69 Å². The maximum atomic E-state index is 12.6. The number of carbonyl (C=O) groups excluding carboxylic acids is 1. The summed E-state index contributed by atoms with van der Waals surface area (Å²) in [6, 6.07) is 22.2. The molecule has 1 N–H and O–H groups in total. The van der Waals surface area contributed by atoms with Crippen LogP contribution < -0.4 is 5.32 Å². The molecule has 1 amide bonds. The molecule has 27 heavy (non-hydrogen) atoms. The van der Waals surface area contributed by atoms with E-state index in [1.807, 2.05) is 42.5 Å². The molecule has 0 bridgehead atoms. The number of rotatable bonds is 5. The molecule has 0 aliphatic rings. The van der Waals surface area contributed by atoms with Crippen LogP contribution in [-0.2, 0) is 6.42 Å². The number of fused-ring (bicyclic) bond motifs is 1. The standard InChI is InChI=1S/C23H20N2OS/c1-16-9-11-18(12-10-16)23-25-19(15-27-23)13-14-24-22(26)21-8-4-6-17-5-2-3-7-20(17)21/h2-12,15H,13-14H2,1H3,(H,24,26). The lowest BCUT2D eigenvalue weighted by atomic mass is 10.0. The Balaban J connectivity index is 1.40. The second kappa shape index (κ2) is 7.72. The van der Waals surface area contributed by atoms with Crippen molar-refractivity contribution in [2.24, 2.45) is 0 Å². The van der Waals surface area contributed by atoms with Gasteiger partial charge in [-0.25, -0.2) is 4.98 Å². The van der Waals surface area contributed by atoms with Gasteiger partial charge in [-0.1, -0.05) is 66.2 Å². The molecule has 4 rings (SSSR count). The topological polar surface area (TPSA) is 42.0 Å². The molecule has 0 aliphatic heterocycles. The third-order valence-corrected chi connectivity index (χ3v) is 5.49. The molecule has 4 heteroatoms. The molecule has 0 saturated carbocycles. The van der Waals surface area contributed by atoms with Crippen molar-refractivity contribution in [2.45, 2.75) is 13.3 Å². The van der Waals surface area contributed by atoms with E-state index < -0.39 is 0 Å². The minimum atomic E-state index is -0.0409. The van der Waals surface area contributed by atoms with Crippen molar-refractivity contribution in [3.8, 4) is 10.6 Å². The molecule has 1 aromatic heterocycles. The molecule has 3 aromatic carbocycles. The van der Waals surface area contributed by atoms with Crippen LogP contribution in [-0.4, -0.2) is 17.4 Å². The molecule has 134 valence electrons. The van der Waals surface area contributed by atoms with E-state index in [1.54, 1.807) is 11.3 Å². The Labute approximate surface area is 162 Å². The highest BCUT2D eigenvalue weighted by atomic mass is 32.1. The molecule has 4 aromatic rings. The highest BCUT2D eigenvalue weighted by molar-refractivity contribution is 7.13. The van der Waals surface area contributed by atoms with E-state index in [1.165, 1.54) is 5.56 Å². The van der Waals surface area contributed by atoms with Gasteiger partial charge in [-0.05, 0) is 23.8 Å². The Kier molecular flexibility index (Phi) is 4.99. The van der Waals surface area contributed by atoms with E-state index >= 15 is 0 Å². The Hall–Kier alpha value is -2.98. The van der Waals surface area contributed by atoms with Crippen LogP contribution in [0.1, 0.15) is 21.6 Å². The summed E-state index contributed by atoms with van der Waals surface area (Å²) in [4.78, 5) is 17.3. The Bertz CT molecular complexity index is 1080. The van der Waals surface area contributed by atoms with Crippen molar-refractivity contribution in [3.05, 3.63) is 88.9 Å². The summed E-state index contributed by atoms with van der Waals surface area (Å²) in [5.41, 5.74) is 4.10. The Morgan fingerprint density at radius 3 is 2.63 bits per heavy atom. The second-order valence-electron chi connectivity index (χ2n) is 6.54. The maximum Gasteiger partial charge on any atom is 0.251 e. The molecule has 0 aliphatic carbocycles. The number of hydrogen-bond donors (Lipinski definition) is 1. The fourth-order valence-electron chi connectivity index (χ4n) is 3.07. The molecule has 0 spiro atoms. The molecular formula is C23H20N2OS. The lowest BCUT2D eigenvalue weighted by molar-refractivity contribution is 0.0955. The lowest BCUT2D eigenvalue weighted by Gasteiger charge is -2.07. The van der Waals surface area contributed by atoms with Gasteiger partial charge in [0.25, 0.3) is 5.91 Å². The van der Waals surface area contributed by atoms with Crippen molar-refractivity contribution in [1.82, 2.24) is 10.3 Å². The Morgan fingerprint density at radius 1 is 1.00 bits per heavy atom. The molecule has 3 nitrogen and oxygen atoms in total. The summed E-state index contributed by atoms with van der Waals surface area (Å²) in [6.45, 7) is 2.65. The average Bonchev–Trinajstić information content (AvgIpc) is 3.17. The van der Waals surface area contributed by atoms with Gasteiger partial charge < -0.3 is 5.32 Å². The van der Waals surface area contributed by atoms with Gasteiger partial charge in [0.15, 0.2) is 0 Å². The minimum Gasteiger partial charge on any atom is -0.352 e. The average molecular weight is 372 g/mol. The van der Waals surface area contributed by atoms with E-state index in [2.05, 4.69) is 41.9 Å². The number of nitrogens with one attached hydrogen (secondary N) is 1. The predicted molar refractivity (Wildman–Crippen MR) is 112 cm³/mol. The van der Waals surface area contributed by atoms with Crippen LogP contribution in [0.4, 0.5) is 0 Å². The number of carbonyl (C=O) groups is 1. The third kappa shape index (κ3) is 3.91. The maximum absolute atomic E-state index is 12.6. The highest BCUT2D eigenvalue weighted by Gasteiger charge is 2.10. The fourth-order valence-corrected chi connectivity index (χ4v) is 3.93. The zero-order valence-corrected chi connectivity index (χ0v) is 15.9. The summed E-state index contributed by atoms with van der Waals surface area (Å²) in [5, 5.41) is 8.17. The molecule has 0 unspecified atom stereocenters. The first-order chi connectivity index (χ1) is 13.2. The first kappa shape index (κ1) is 17.4. The molecule has 1 heterocycles. The van der Waals surface area contributed by atoms with Crippen LogP contribution >= 0.6 is 11.3 Å². The number of hydrogen-bond acceptors (Lipinski definition) is 3. The number of aromatic nitrogens is 1. The second-order valence-corrected chi connectivity index (χ2v) is 7.40. The number of nitrogens with zero attached hydrogens (tertiary/aromatic N) is 1. The van der Waals surface area contributed by atoms with Gasteiger partial charge in [-0.15, -0.1) is 11.3 Å². The first-order valence-corrected chi connectivity index (χ1v) is 9.86. The smallest absolute Gasteiger partial charge is 0.251 e. The van der Waals surface area contributed by atoms with Crippen LogP contribution in [0.25, 0.3) is 21.3 Å². The summed E-state index contributed by atoms with van der Waals surface area (Å²) in [6.07, 6.45) is 0.721. The number of aryl methyl sites for hydroxylation is 1. The van der Waals surface area contributed by atoms with E-state index in [4.69, 9.17) is 4.98 Å². The van der Waals surface area contributed by atoms with Crippen LogP contribution in [0.2, 0.25) is 0 Å². The molecule has 0 fully saturated rings. The summed E-state index contributed by atoms with van der Waals surface area (Å²) >= 11 is 1.64. The van der Waals surface area contributed by atoms with Crippen molar-refractivity contribution in [2.75, 3.05) is 6.54 Å².